The van der Waals surface area contributed by atoms with E-state index in [4.69, 9.17) is 10.00 Å². The number of nitriles is 1. The number of rotatable bonds is 3. The molecule has 2 aromatic rings. The number of hydrogen-bond acceptors (Lipinski definition) is 4. The fourth-order valence-electron chi connectivity index (χ4n) is 2.20. The fourth-order valence-corrected chi connectivity index (χ4v) is 2.20. The van der Waals surface area contributed by atoms with Gasteiger partial charge in [-0.3, -0.25) is 9.59 Å². The first-order chi connectivity index (χ1) is 11.2. The highest BCUT2D eigenvalue weighted by molar-refractivity contribution is 5.98. The third kappa shape index (κ3) is 3.30. The molecule has 0 saturated carbocycles. The molecule has 0 aromatic heterocycles. The average Bonchev–Trinajstić information content (AvgIpc) is 2.59. The number of ether oxygens (including phenoxy) is 1. The second-order valence-electron chi connectivity index (χ2n) is 5.04. The van der Waals surface area contributed by atoms with Crippen molar-refractivity contribution in [3.8, 4) is 11.8 Å². The minimum absolute atomic E-state index is 0.0523. The molecule has 2 amide bonds. The van der Waals surface area contributed by atoms with Gasteiger partial charge in [-0.05, 0) is 35.9 Å². The normalized spacial score (nSPS) is 12.4. The van der Waals surface area contributed by atoms with Crippen molar-refractivity contribution in [1.82, 2.24) is 5.32 Å². The molecule has 0 saturated heterocycles. The van der Waals surface area contributed by atoms with Crippen molar-refractivity contribution in [1.29, 1.82) is 5.26 Å². The van der Waals surface area contributed by atoms with Crippen molar-refractivity contribution in [3.05, 3.63) is 59.2 Å². The van der Waals surface area contributed by atoms with Gasteiger partial charge in [0, 0.05) is 12.1 Å². The first-order valence-electron chi connectivity index (χ1n) is 6.99. The zero-order valence-electron chi connectivity index (χ0n) is 12.1. The standard InChI is InChI=1S/C17H13N3O3/c18-8-11-1-3-12(4-2-11)9-19-17(22)13-5-6-14-15(7-13)23-10-16(21)20-14/h1-7H,9-10H2,(H,19,22)(H,20,21). The number of carbonyl (C=O) groups is 2. The van der Waals surface area contributed by atoms with Crippen LogP contribution in [0.5, 0.6) is 5.75 Å². The Morgan fingerprint density at radius 2 is 2.04 bits per heavy atom. The van der Waals surface area contributed by atoms with Crippen molar-refractivity contribution >= 4 is 17.5 Å². The molecule has 1 heterocycles. The number of anilines is 1. The summed E-state index contributed by atoms with van der Waals surface area (Å²) < 4.78 is 5.29. The van der Waals surface area contributed by atoms with Gasteiger partial charge in [0.15, 0.2) is 6.61 Å². The van der Waals surface area contributed by atoms with Gasteiger partial charge >= 0.3 is 0 Å². The number of carbonyl (C=O) groups excluding carboxylic acids is 2. The van der Waals surface area contributed by atoms with Crippen LogP contribution in [0.4, 0.5) is 5.69 Å². The molecule has 2 N–H and O–H groups in total. The molecule has 1 aliphatic rings. The Morgan fingerprint density at radius 1 is 1.26 bits per heavy atom. The molecule has 1 aliphatic heterocycles. The van der Waals surface area contributed by atoms with Crippen molar-refractivity contribution < 1.29 is 14.3 Å². The highest BCUT2D eigenvalue weighted by Crippen LogP contribution is 2.28. The zero-order valence-corrected chi connectivity index (χ0v) is 12.1. The van der Waals surface area contributed by atoms with E-state index in [2.05, 4.69) is 10.6 Å². The lowest BCUT2D eigenvalue weighted by Crippen LogP contribution is -2.26. The predicted molar refractivity (Wildman–Crippen MR) is 82.9 cm³/mol. The van der Waals surface area contributed by atoms with Gasteiger partial charge in [0.05, 0.1) is 17.3 Å². The van der Waals surface area contributed by atoms with Gasteiger partial charge in [-0.15, -0.1) is 0 Å². The second kappa shape index (κ2) is 6.20. The average molecular weight is 307 g/mol. The van der Waals surface area contributed by atoms with Crippen LogP contribution >= 0.6 is 0 Å². The summed E-state index contributed by atoms with van der Waals surface area (Å²) in [5, 5.41) is 14.2. The molecule has 23 heavy (non-hydrogen) atoms. The third-order valence-electron chi connectivity index (χ3n) is 3.41. The van der Waals surface area contributed by atoms with Gasteiger partial charge in [-0.1, -0.05) is 12.1 Å². The molecule has 6 heteroatoms. The molecular formula is C17H13N3O3. The van der Waals surface area contributed by atoms with E-state index in [0.29, 0.717) is 29.1 Å². The lowest BCUT2D eigenvalue weighted by molar-refractivity contribution is -0.118. The number of nitrogens with zero attached hydrogens (tertiary/aromatic N) is 1. The Balaban J connectivity index is 1.66. The molecule has 0 atom stereocenters. The smallest absolute Gasteiger partial charge is 0.262 e. The molecule has 3 rings (SSSR count). The van der Waals surface area contributed by atoms with Gasteiger partial charge in [0.1, 0.15) is 5.75 Å². The largest absolute Gasteiger partial charge is 0.482 e. The minimum atomic E-state index is -0.238. The molecule has 0 spiro atoms. The van der Waals surface area contributed by atoms with Crippen LogP contribution in [0.1, 0.15) is 21.5 Å². The fraction of sp³-hybridized carbons (Fsp3) is 0.118. The molecule has 114 valence electrons. The SMILES string of the molecule is N#Cc1ccc(CNC(=O)c2ccc3c(c2)OCC(=O)N3)cc1. The van der Waals surface area contributed by atoms with Crippen molar-refractivity contribution in [3.63, 3.8) is 0 Å². The number of nitrogens with one attached hydrogen (secondary N) is 2. The second-order valence-corrected chi connectivity index (χ2v) is 5.04. The van der Waals surface area contributed by atoms with Gasteiger partial charge in [-0.25, -0.2) is 0 Å². The van der Waals surface area contributed by atoms with Gasteiger partial charge < -0.3 is 15.4 Å². The maximum Gasteiger partial charge on any atom is 0.262 e. The van der Waals surface area contributed by atoms with E-state index in [1.54, 1.807) is 42.5 Å². The van der Waals surface area contributed by atoms with E-state index in [-0.39, 0.29) is 18.4 Å². The Labute approximate surface area is 132 Å². The van der Waals surface area contributed by atoms with E-state index in [9.17, 15) is 9.59 Å². The molecule has 0 aliphatic carbocycles. The number of benzene rings is 2. The Hall–Kier alpha value is -3.33. The molecule has 0 radical (unpaired) electrons. The van der Waals surface area contributed by atoms with E-state index in [1.165, 1.54) is 0 Å². The monoisotopic (exact) mass is 307 g/mol. The van der Waals surface area contributed by atoms with Crippen LogP contribution in [0, 0.1) is 11.3 Å². The topological polar surface area (TPSA) is 91.2 Å². The summed E-state index contributed by atoms with van der Waals surface area (Å²) in [5.74, 6) is 0.0313. The minimum Gasteiger partial charge on any atom is -0.482 e. The summed E-state index contributed by atoms with van der Waals surface area (Å²) in [6.07, 6.45) is 0. The van der Waals surface area contributed by atoms with Gasteiger partial charge in [0.25, 0.3) is 11.8 Å². The Bertz CT molecular complexity index is 807. The first kappa shape index (κ1) is 14.6. The van der Waals surface area contributed by atoms with E-state index < -0.39 is 0 Å². The van der Waals surface area contributed by atoms with Crippen molar-refractivity contribution in [2.24, 2.45) is 0 Å². The lowest BCUT2D eigenvalue weighted by atomic mass is 10.1. The van der Waals surface area contributed by atoms with E-state index >= 15 is 0 Å². The van der Waals surface area contributed by atoms with Crippen LogP contribution in [0.3, 0.4) is 0 Å². The van der Waals surface area contributed by atoms with Crippen molar-refractivity contribution in [2.45, 2.75) is 6.54 Å². The Kier molecular flexibility index (Phi) is 3.93. The zero-order chi connectivity index (χ0) is 16.2. The quantitative estimate of drug-likeness (QED) is 0.905. The first-order valence-corrected chi connectivity index (χ1v) is 6.99. The van der Waals surface area contributed by atoms with Crippen LogP contribution in [-0.4, -0.2) is 18.4 Å². The Morgan fingerprint density at radius 3 is 2.78 bits per heavy atom. The number of amides is 2. The molecule has 0 bridgehead atoms. The molecule has 0 fully saturated rings. The van der Waals surface area contributed by atoms with Crippen LogP contribution in [0.2, 0.25) is 0 Å². The summed E-state index contributed by atoms with van der Waals surface area (Å²) in [7, 11) is 0. The van der Waals surface area contributed by atoms with E-state index in [1.807, 2.05) is 6.07 Å². The summed E-state index contributed by atoms with van der Waals surface area (Å²) in [6.45, 7) is 0.308. The van der Waals surface area contributed by atoms with Crippen LogP contribution in [0.15, 0.2) is 42.5 Å². The number of hydrogen-bond donors (Lipinski definition) is 2. The third-order valence-corrected chi connectivity index (χ3v) is 3.41. The van der Waals surface area contributed by atoms with Gasteiger partial charge in [0.2, 0.25) is 0 Å². The molecule has 2 aromatic carbocycles. The molecular weight excluding hydrogens is 294 g/mol. The number of fused-ring (bicyclic) bond motifs is 1. The summed E-state index contributed by atoms with van der Waals surface area (Å²) >= 11 is 0. The maximum absolute atomic E-state index is 12.2. The summed E-state index contributed by atoms with van der Waals surface area (Å²) in [5.41, 5.74) is 2.49. The van der Waals surface area contributed by atoms with Crippen LogP contribution in [0.25, 0.3) is 0 Å². The summed E-state index contributed by atoms with van der Waals surface area (Å²) in [6, 6.07) is 13.9. The highest BCUT2D eigenvalue weighted by atomic mass is 16.5. The predicted octanol–water partition coefficient (Wildman–Crippen LogP) is 1.82. The lowest BCUT2D eigenvalue weighted by Gasteiger charge is -2.18. The molecule has 0 unspecified atom stereocenters. The van der Waals surface area contributed by atoms with Crippen LogP contribution < -0.4 is 15.4 Å². The van der Waals surface area contributed by atoms with E-state index in [0.717, 1.165) is 5.56 Å². The molecule has 6 nitrogen and oxygen atoms in total. The van der Waals surface area contributed by atoms with Crippen LogP contribution in [-0.2, 0) is 11.3 Å². The van der Waals surface area contributed by atoms with Crippen molar-refractivity contribution in [2.75, 3.05) is 11.9 Å². The maximum atomic E-state index is 12.2. The highest BCUT2D eigenvalue weighted by Gasteiger charge is 2.17. The van der Waals surface area contributed by atoms with Gasteiger partial charge in [-0.2, -0.15) is 5.26 Å². The summed E-state index contributed by atoms with van der Waals surface area (Å²) in [4.78, 5) is 23.4.